The lowest BCUT2D eigenvalue weighted by Crippen LogP contribution is -2.71. The molecule has 194 valence electrons. The number of carbonyl (C=O) groups excluding carboxylic acids is 3. The van der Waals surface area contributed by atoms with Crippen LogP contribution in [0.5, 0.6) is 0 Å². The van der Waals surface area contributed by atoms with E-state index in [4.69, 9.17) is 16.3 Å². The number of rotatable bonds is 9. The van der Waals surface area contributed by atoms with Crippen molar-refractivity contribution in [2.75, 3.05) is 11.5 Å². The van der Waals surface area contributed by atoms with Crippen molar-refractivity contribution in [2.45, 2.75) is 37.9 Å². The molecular weight excluding hydrogens is 524 g/mol. The number of aromatic nitrogens is 3. The molecule has 2 aromatic heterocycles. The Morgan fingerprint density at radius 1 is 1.35 bits per heavy atom. The number of β-lactam (4-membered cyclic amide) rings is 1. The van der Waals surface area contributed by atoms with Gasteiger partial charge in [0.25, 0.3) is 11.8 Å². The highest BCUT2D eigenvalue weighted by molar-refractivity contribution is 8.00. The third-order valence-corrected chi connectivity index (χ3v) is 7.19. The van der Waals surface area contributed by atoms with Crippen LogP contribution in [0.25, 0.3) is 0 Å². The van der Waals surface area contributed by atoms with E-state index in [1.54, 1.807) is 30.8 Å². The molecule has 1 fully saturated rings. The number of primary amides is 1. The highest BCUT2D eigenvalue weighted by atomic mass is 32.2. The highest BCUT2D eigenvalue weighted by Crippen LogP contribution is 2.40. The molecule has 4 rings (SSSR count). The van der Waals surface area contributed by atoms with E-state index < -0.39 is 35.1 Å². The van der Waals surface area contributed by atoms with E-state index in [0.717, 1.165) is 16.4 Å². The maximum atomic E-state index is 13.0. The lowest BCUT2D eigenvalue weighted by atomic mass is 10.0. The van der Waals surface area contributed by atoms with Gasteiger partial charge in [-0.3, -0.25) is 19.3 Å². The number of carboxylic acids is 1. The van der Waals surface area contributed by atoms with Crippen molar-refractivity contribution < 1.29 is 33.7 Å². The van der Waals surface area contributed by atoms with Gasteiger partial charge in [-0.05, 0) is 13.8 Å². The van der Waals surface area contributed by atoms with Crippen LogP contribution in [-0.2, 0) is 25.8 Å². The molecule has 0 saturated carbocycles. The molecule has 2 atom stereocenters. The fraction of sp³-hybridized carbons (Fsp3) is 0.333. The number of nitrogens with one attached hydrogen (secondary N) is 1. The molecule has 16 heteroatoms. The van der Waals surface area contributed by atoms with Gasteiger partial charge in [0, 0.05) is 35.0 Å². The third-order valence-electron chi connectivity index (χ3n) is 5.31. The van der Waals surface area contributed by atoms with E-state index >= 15 is 0 Å². The molecule has 3 amide bonds. The molecule has 0 bridgehead atoms. The van der Waals surface area contributed by atoms with Crippen LogP contribution in [0, 0.1) is 0 Å². The summed E-state index contributed by atoms with van der Waals surface area (Å²) in [5.41, 5.74) is 11.3. The first-order valence-electron chi connectivity index (χ1n) is 10.9. The van der Waals surface area contributed by atoms with Crippen molar-refractivity contribution in [3.63, 3.8) is 0 Å². The Morgan fingerprint density at radius 3 is 2.62 bits per heavy atom. The Bertz CT molecular complexity index is 1320. The highest BCUT2D eigenvalue weighted by Gasteiger charge is 2.54. The van der Waals surface area contributed by atoms with Crippen LogP contribution in [-0.4, -0.2) is 72.0 Å². The number of pyridine rings is 1. The predicted octanol–water partition coefficient (Wildman–Crippen LogP) is -0.925. The Morgan fingerprint density at radius 2 is 2.05 bits per heavy atom. The minimum Gasteiger partial charge on any atom is -0.477 e. The number of fused-ring (bicyclic) bond motifs is 1. The summed E-state index contributed by atoms with van der Waals surface area (Å²) in [5.74, 6) is -2.92. The molecule has 2 aliphatic rings. The fourth-order valence-electron chi connectivity index (χ4n) is 3.64. The number of aliphatic carboxylic acids is 1. The normalized spacial score (nSPS) is 19.4. The number of thioether (sulfide) groups is 1. The molecule has 0 aromatic carbocycles. The van der Waals surface area contributed by atoms with Crippen molar-refractivity contribution in [3.8, 4) is 0 Å². The molecule has 6 N–H and O–H groups in total. The third kappa shape index (κ3) is 5.39. The number of hydrogen-bond acceptors (Lipinski definition) is 11. The van der Waals surface area contributed by atoms with Gasteiger partial charge in [0.15, 0.2) is 24.1 Å². The summed E-state index contributed by atoms with van der Waals surface area (Å²) in [7, 11) is 0. The quantitative estimate of drug-likeness (QED) is 0.131. The molecule has 0 spiro atoms. The van der Waals surface area contributed by atoms with Crippen molar-refractivity contribution in [2.24, 2.45) is 10.9 Å². The number of carbonyl (C=O) groups is 4. The molecule has 2 aliphatic heterocycles. The van der Waals surface area contributed by atoms with Crippen LogP contribution < -0.4 is 21.4 Å². The number of hydrogen-bond donors (Lipinski definition) is 4. The first-order chi connectivity index (χ1) is 17.6. The molecular formula is C21H23N8O6S2+. The second kappa shape index (κ2) is 10.5. The van der Waals surface area contributed by atoms with Gasteiger partial charge in [-0.25, -0.2) is 9.36 Å². The molecule has 1 unspecified atom stereocenters. The van der Waals surface area contributed by atoms with Crippen molar-refractivity contribution in [3.05, 3.63) is 47.2 Å². The zero-order chi connectivity index (χ0) is 26.9. The van der Waals surface area contributed by atoms with Crippen molar-refractivity contribution in [1.29, 1.82) is 0 Å². The van der Waals surface area contributed by atoms with E-state index in [2.05, 4.69) is 19.8 Å². The van der Waals surface area contributed by atoms with Gasteiger partial charge in [-0.15, -0.1) is 11.8 Å². The maximum absolute atomic E-state index is 13.0. The fourth-order valence-corrected chi connectivity index (χ4v) is 5.40. The second-order valence-corrected chi connectivity index (χ2v) is 10.2. The summed E-state index contributed by atoms with van der Waals surface area (Å²) in [6.07, 6.45) is 2.87. The van der Waals surface area contributed by atoms with Crippen LogP contribution >= 0.6 is 23.3 Å². The van der Waals surface area contributed by atoms with Gasteiger partial charge in [0.2, 0.25) is 17.4 Å². The number of amides is 3. The number of oxime groups is 1. The molecule has 2 aromatic rings. The van der Waals surface area contributed by atoms with E-state index in [1.807, 2.05) is 0 Å². The Kier molecular flexibility index (Phi) is 7.40. The Hall–Kier alpha value is -4.05. The van der Waals surface area contributed by atoms with E-state index in [9.17, 15) is 24.3 Å². The van der Waals surface area contributed by atoms with Gasteiger partial charge in [0.1, 0.15) is 23.2 Å². The van der Waals surface area contributed by atoms with Gasteiger partial charge >= 0.3 is 5.97 Å². The van der Waals surface area contributed by atoms with Crippen LogP contribution in [0.2, 0.25) is 0 Å². The van der Waals surface area contributed by atoms with Crippen LogP contribution in [0.3, 0.4) is 0 Å². The first-order valence-corrected chi connectivity index (χ1v) is 12.7. The zero-order valence-corrected chi connectivity index (χ0v) is 21.3. The van der Waals surface area contributed by atoms with Crippen LogP contribution in [0.15, 0.2) is 41.0 Å². The smallest absolute Gasteiger partial charge is 0.352 e. The summed E-state index contributed by atoms with van der Waals surface area (Å²) in [5, 5.41) is 15.8. The number of nitrogens with two attached hydrogens (primary N) is 2. The maximum Gasteiger partial charge on any atom is 0.352 e. The zero-order valence-electron chi connectivity index (χ0n) is 19.7. The molecule has 0 aliphatic carbocycles. The van der Waals surface area contributed by atoms with Gasteiger partial charge in [0.05, 0.1) is 5.56 Å². The summed E-state index contributed by atoms with van der Waals surface area (Å²) < 4.78 is 5.67. The Balaban J connectivity index is 1.52. The lowest BCUT2D eigenvalue weighted by Gasteiger charge is -2.49. The predicted molar refractivity (Wildman–Crippen MR) is 132 cm³/mol. The first kappa shape index (κ1) is 26.0. The van der Waals surface area contributed by atoms with Crippen LogP contribution in [0.4, 0.5) is 5.13 Å². The van der Waals surface area contributed by atoms with Crippen LogP contribution in [0.1, 0.15) is 30.0 Å². The average Bonchev–Trinajstić information content (AvgIpc) is 3.28. The number of nitrogen functional groups attached to an aromatic ring is 1. The van der Waals surface area contributed by atoms with Crippen molar-refractivity contribution >= 4 is 57.8 Å². The molecule has 4 heterocycles. The molecule has 14 nitrogen and oxygen atoms in total. The standard InChI is InChI=1S/C21H22N8O6S2/c1-9(2)35-26-12(16-25-21(23)37-27-16)17(31)24-13-18(32)29-14(20(33)34)11(8-36-19(13)29)7-28-5-3-10(4-6-28)15(22)30/h3-6,9,13,19H,7-8H2,1-2H3,(H5-,22,23,24,25,27,30,31,33,34)/p+1/t13?,19-/m1/s1. The topological polar surface area (TPSA) is 207 Å². The average molecular weight is 548 g/mol. The summed E-state index contributed by atoms with van der Waals surface area (Å²) >= 11 is 2.19. The minimum atomic E-state index is -1.26. The Labute approximate surface area is 218 Å². The minimum absolute atomic E-state index is 0.0478. The van der Waals surface area contributed by atoms with E-state index in [1.165, 1.54) is 23.9 Å². The number of carboxylic acid groups (broad SMARTS) is 1. The molecule has 37 heavy (non-hydrogen) atoms. The van der Waals surface area contributed by atoms with Gasteiger partial charge < -0.3 is 26.7 Å². The van der Waals surface area contributed by atoms with Crippen molar-refractivity contribution in [1.82, 2.24) is 19.6 Å². The second-order valence-electron chi connectivity index (χ2n) is 8.29. The van der Waals surface area contributed by atoms with E-state index in [0.29, 0.717) is 16.9 Å². The number of nitrogens with zero attached hydrogens (tertiary/aromatic N) is 5. The van der Waals surface area contributed by atoms with Gasteiger partial charge in [-0.2, -0.15) is 9.36 Å². The summed E-state index contributed by atoms with van der Waals surface area (Å²) in [4.78, 5) is 59.7. The van der Waals surface area contributed by atoms with E-state index in [-0.39, 0.29) is 35.0 Å². The number of anilines is 1. The van der Waals surface area contributed by atoms with Gasteiger partial charge in [-0.1, -0.05) is 5.16 Å². The monoisotopic (exact) mass is 547 g/mol. The lowest BCUT2D eigenvalue weighted by molar-refractivity contribution is -0.689. The summed E-state index contributed by atoms with van der Waals surface area (Å²) in [6.45, 7) is 3.62. The molecule has 0 radical (unpaired) electrons. The largest absolute Gasteiger partial charge is 0.477 e. The molecule has 1 saturated heterocycles. The summed E-state index contributed by atoms with van der Waals surface area (Å²) in [6, 6.07) is 2.06. The SMILES string of the molecule is CC(C)ON=C(C(=O)NC1C(=O)N2C(C(=O)O)=C(C[n+]3ccc(C(N)=O)cc3)CS[C@H]12)c1nsc(N)n1.